The van der Waals surface area contributed by atoms with Crippen LogP contribution in [0.15, 0.2) is 24.3 Å². The molecule has 21 heavy (non-hydrogen) atoms. The Morgan fingerprint density at radius 3 is 2.10 bits per heavy atom. The molecule has 1 atom stereocenters. The zero-order valence-corrected chi connectivity index (χ0v) is 14.8. The largest absolute Gasteiger partial charge is 0.314 e. The third-order valence-corrected chi connectivity index (χ3v) is 4.01. The van der Waals surface area contributed by atoms with Gasteiger partial charge in [0.15, 0.2) is 0 Å². The van der Waals surface area contributed by atoms with E-state index in [1.807, 2.05) is 0 Å². The average molecular weight is 290 g/mol. The zero-order valence-electron chi connectivity index (χ0n) is 14.8. The highest BCUT2D eigenvalue weighted by atomic mass is 15.1. The minimum atomic E-state index is 0.556. The lowest BCUT2D eigenvalue weighted by Gasteiger charge is -2.26. The van der Waals surface area contributed by atoms with E-state index in [2.05, 4.69) is 76.0 Å². The average Bonchev–Trinajstić information content (AvgIpc) is 2.45. The Kier molecular flexibility index (Phi) is 7.98. The standard InChI is InChI=1S/C19H34N2/c1-7-12-21(16(4)5)14-18-8-10-19(11-9-18)17(6)13-20-15(2)3/h8-11,15-17,20H,7,12-14H2,1-6H3. The third kappa shape index (κ3) is 6.62. The Bertz CT molecular complexity index is 381. The summed E-state index contributed by atoms with van der Waals surface area (Å²) in [6.45, 7) is 16.8. The maximum absolute atomic E-state index is 3.51. The molecule has 1 aromatic carbocycles. The van der Waals surface area contributed by atoms with Crippen molar-refractivity contribution in [2.24, 2.45) is 0 Å². The first-order valence-corrected chi connectivity index (χ1v) is 8.50. The van der Waals surface area contributed by atoms with E-state index in [-0.39, 0.29) is 0 Å². The number of nitrogens with zero attached hydrogens (tertiary/aromatic N) is 1. The summed E-state index contributed by atoms with van der Waals surface area (Å²) in [6.07, 6.45) is 1.22. The van der Waals surface area contributed by atoms with Crippen LogP contribution in [0, 0.1) is 0 Å². The highest BCUT2D eigenvalue weighted by Crippen LogP contribution is 2.17. The van der Waals surface area contributed by atoms with Crippen LogP contribution in [-0.2, 0) is 6.54 Å². The molecule has 1 unspecified atom stereocenters. The van der Waals surface area contributed by atoms with Crippen molar-refractivity contribution in [3.8, 4) is 0 Å². The van der Waals surface area contributed by atoms with Crippen LogP contribution in [0.4, 0.5) is 0 Å². The van der Waals surface area contributed by atoms with Crippen LogP contribution >= 0.6 is 0 Å². The van der Waals surface area contributed by atoms with Crippen molar-refractivity contribution in [2.45, 2.75) is 72.5 Å². The van der Waals surface area contributed by atoms with E-state index in [4.69, 9.17) is 0 Å². The highest BCUT2D eigenvalue weighted by Gasteiger charge is 2.10. The van der Waals surface area contributed by atoms with Crippen molar-refractivity contribution >= 4 is 0 Å². The van der Waals surface area contributed by atoms with Gasteiger partial charge in [-0.2, -0.15) is 0 Å². The molecule has 0 aliphatic rings. The van der Waals surface area contributed by atoms with Gasteiger partial charge in [-0.3, -0.25) is 4.90 Å². The summed E-state index contributed by atoms with van der Waals surface area (Å²) < 4.78 is 0. The van der Waals surface area contributed by atoms with Crippen LogP contribution in [-0.4, -0.2) is 30.1 Å². The van der Waals surface area contributed by atoms with E-state index in [1.165, 1.54) is 24.1 Å². The lowest BCUT2D eigenvalue weighted by molar-refractivity contribution is 0.213. The second-order valence-electron chi connectivity index (χ2n) is 6.77. The first kappa shape index (κ1) is 18.2. The molecule has 0 fully saturated rings. The molecule has 0 aliphatic carbocycles. The molecular formula is C19H34N2. The van der Waals surface area contributed by atoms with Gasteiger partial charge in [0.25, 0.3) is 0 Å². The summed E-state index contributed by atoms with van der Waals surface area (Å²) >= 11 is 0. The molecule has 0 spiro atoms. The third-order valence-electron chi connectivity index (χ3n) is 4.01. The smallest absolute Gasteiger partial charge is 0.0236 e. The summed E-state index contributed by atoms with van der Waals surface area (Å²) in [7, 11) is 0. The second-order valence-corrected chi connectivity index (χ2v) is 6.77. The molecule has 2 nitrogen and oxygen atoms in total. The fourth-order valence-corrected chi connectivity index (χ4v) is 2.52. The Morgan fingerprint density at radius 1 is 1.00 bits per heavy atom. The molecule has 2 heteroatoms. The predicted octanol–water partition coefficient (Wildman–Crippen LogP) is 4.41. The number of nitrogens with one attached hydrogen (secondary N) is 1. The lowest BCUT2D eigenvalue weighted by Crippen LogP contribution is -2.31. The molecule has 0 amide bonds. The molecule has 0 saturated carbocycles. The van der Waals surface area contributed by atoms with Crippen molar-refractivity contribution in [1.29, 1.82) is 0 Å². The summed E-state index contributed by atoms with van der Waals surface area (Å²) in [5.41, 5.74) is 2.85. The quantitative estimate of drug-likeness (QED) is 0.725. The summed E-state index contributed by atoms with van der Waals surface area (Å²) in [5.74, 6) is 0.568. The number of hydrogen-bond donors (Lipinski definition) is 1. The van der Waals surface area contributed by atoms with E-state index < -0.39 is 0 Å². The lowest BCUT2D eigenvalue weighted by atomic mass is 9.99. The minimum Gasteiger partial charge on any atom is -0.314 e. The van der Waals surface area contributed by atoms with E-state index in [9.17, 15) is 0 Å². The van der Waals surface area contributed by atoms with Gasteiger partial charge in [0.2, 0.25) is 0 Å². The van der Waals surface area contributed by atoms with Gasteiger partial charge in [-0.05, 0) is 43.9 Å². The van der Waals surface area contributed by atoms with Crippen LogP contribution < -0.4 is 5.32 Å². The van der Waals surface area contributed by atoms with Gasteiger partial charge >= 0.3 is 0 Å². The highest BCUT2D eigenvalue weighted by molar-refractivity contribution is 5.25. The van der Waals surface area contributed by atoms with E-state index >= 15 is 0 Å². The van der Waals surface area contributed by atoms with Crippen LogP contribution in [0.1, 0.15) is 65.0 Å². The second kappa shape index (κ2) is 9.22. The maximum atomic E-state index is 3.51. The molecule has 0 bridgehead atoms. The molecular weight excluding hydrogens is 256 g/mol. The van der Waals surface area contributed by atoms with Gasteiger partial charge < -0.3 is 5.32 Å². The van der Waals surface area contributed by atoms with E-state index in [1.54, 1.807) is 0 Å². The molecule has 0 aliphatic heterocycles. The van der Waals surface area contributed by atoms with Crippen LogP contribution in [0.3, 0.4) is 0 Å². The Morgan fingerprint density at radius 2 is 1.62 bits per heavy atom. The molecule has 0 aromatic heterocycles. The van der Waals surface area contributed by atoms with Gasteiger partial charge in [0, 0.05) is 25.2 Å². The monoisotopic (exact) mass is 290 g/mol. The predicted molar refractivity (Wildman–Crippen MR) is 93.8 cm³/mol. The van der Waals surface area contributed by atoms with Crippen molar-refractivity contribution in [3.05, 3.63) is 35.4 Å². The minimum absolute atomic E-state index is 0.556. The van der Waals surface area contributed by atoms with Gasteiger partial charge in [-0.25, -0.2) is 0 Å². The topological polar surface area (TPSA) is 15.3 Å². The van der Waals surface area contributed by atoms with Crippen molar-refractivity contribution < 1.29 is 0 Å². The molecule has 0 heterocycles. The zero-order chi connectivity index (χ0) is 15.8. The molecule has 0 saturated heterocycles. The van der Waals surface area contributed by atoms with Crippen LogP contribution in [0.2, 0.25) is 0 Å². The fraction of sp³-hybridized carbons (Fsp3) is 0.684. The van der Waals surface area contributed by atoms with Crippen molar-refractivity contribution in [2.75, 3.05) is 13.1 Å². The number of benzene rings is 1. The van der Waals surface area contributed by atoms with E-state index in [0.29, 0.717) is 18.0 Å². The number of rotatable bonds is 9. The fourth-order valence-electron chi connectivity index (χ4n) is 2.52. The first-order valence-electron chi connectivity index (χ1n) is 8.50. The molecule has 1 aromatic rings. The first-order chi connectivity index (χ1) is 9.93. The summed E-state index contributed by atoms with van der Waals surface area (Å²) in [6, 6.07) is 10.4. The van der Waals surface area contributed by atoms with Crippen molar-refractivity contribution in [1.82, 2.24) is 10.2 Å². The van der Waals surface area contributed by atoms with Gasteiger partial charge in [-0.15, -0.1) is 0 Å². The summed E-state index contributed by atoms with van der Waals surface area (Å²) in [4.78, 5) is 2.54. The maximum Gasteiger partial charge on any atom is 0.0236 e. The molecule has 1 N–H and O–H groups in total. The SMILES string of the molecule is CCCN(Cc1ccc(C(C)CNC(C)C)cc1)C(C)C. The molecule has 120 valence electrons. The van der Waals surface area contributed by atoms with Gasteiger partial charge in [0.05, 0.1) is 0 Å². The summed E-state index contributed by atoms with van der Waals surface area (Å²) in [5, 5.41) is 3.51. The number of hydrogen-bond acceptors (Lipinski definition) is 2. The van der Waals surface area contributed by atoms with E-state index in [0.717, 1.165) is 13.1 Å². The van der Waals surface area contributed by atoms with Crippen molar-refractivity contribution in [3.63, 3.8) is 0 Å². The molecule has 0 radical (unpaired) electrons. The Hall–Kier alpha value is -0.860. The van der Waals surface area contributed by atoms with Crippen LogP contribution in [0.25, 0.3) is 0 Å². The normalized spacial score (nSPS) is 13.4. The van der Waals surface area contributed by atoms with Crippen LogP contribution in [0.5, 0.6) is 0 Å². The van der Waals surface area contributed by atoms with Gasteiger partial charge in [0.1, 0.15) is 0 Å². The Balaban J connectivity index is 2.60. The Labute approximate surface area is 131 Å². The van der Waals surface area contributed by atoms with Gasteiger partial charge in [-0.1, -0.05) is 52.0 Å². The molecule has 1 rings (SSSR count).